The van der Waals surface area contributed by atoms with E-state index in [9.17, 15) is 4.79 Å². The van der Waals surface area contributed by atoms with E-state index in [4.69, 9.17) is 0 Å². The van der Waals surface area contributed by atoms with Crippen molar-refractivity contribution >= 4 is 27.9 Å². The van der Waals surface area contributed by atoms with Crippen LogP contribution >= 0.6 is 11.3 Å². The largest absolute Gasteiger partial charge is 0.338 e. The van der Waals surface area contributed by atoms with Crippen molar-refractivity contribution < 1.29 is 4.79 Å². The highest BCUT2D eigenvalue weighted by Crippen LogP contribution is 2.37. The van der Waals surface area contributed by atoms with Crippen LogP contribution in [0.4, 0.5) is 10.7 Å². The van der Waals surface area contributed by atoms with Gasteiger partial charge in [-0.05, 0) is 49.4 Å². The van der Waals surface area contributed by atoms with Crippen LogP contribution in [0.15, 0.2) is 36.4 Å². The lowest BCUT2D eigenvalue weighted by atomic mass is 10.0. The third-order valence-corrected chi connectivity index (χ3v) is 5.67. The Morgan fingerprint density at radius 3 is 2.64 bits per heavy atom. The molecule has 0 bridgehead atoms. The van der Waals surface area contributed by atoms with Gasteiger partial charge in [-0.3, -0.25) is 4.79 Å². The third kappa shape index (κ3) is 2.41. The minimum absolute atomic E-state index is 0.207. The molecule has 1 aromatic heterocycles. The standard InChI is InChI=1S/C18H20N2OS/c21-18(19-11-3-4-12-19)16-9-10-17(22-16)20-13-5-7-14-6-1-2-8-15(14)20/h1-2,6,8-10H,3-5,7,11-13H2. The number of hydrogen-bond acceptors (Lipinski definition) is 3. The van der Waals surface area contributed by atoms with Crippen molar-refractivity contribution in [3.8, 4) is 0 Å². The molecule has 114 valence electrons. The van der Waals surface area contributed by atoms with Gasteiger partial charge in [0.15, 0.2) is 0 Å². The van der Waals surface area contributed by atoms with Crippen molar-refractivity contribution in [2.24, 2.45) is 0 Å². The van der Waals surface area contributed by atoms with E-state index in [1.54, 1.807) is 11.3 Å². The molecule has 0 radical (unpaired) electrons. The van der Waals surface area contributed by atoms with E-state index in [2.05, 4.69) is 35.2 Å². The third-order valence-electron chi connectivity index (χ3n) is 4.57. The number of anilines is 2. The van der Waals surface area contributed by atoms with Crippen molar-refractivity contribution in [1.29, 1.82) is 0 Å². The van der Waals surface area contributed by atoms with Gasteiger partial charge in [0, 0.05) is 25.3 Å². The van der Waals surface area contributed by atoms with Gasteiger partial charge in [-0.15, -0.1) is 11.3 Å². The van der Waals surface area contributed by atoms with Gasteiger partial charge in [-0.1, -0.05) is 18.2 Å². The second kappa shape index (κ2) is 5.76. The number of likely N-dealkylation sites (tertiary alicyclic amines) is 1. The maximum Gasteiger partial charge on any atom is 0.263 e. The Morgan fingerprint density at radius 2 is 1.77 bits per heavy atom. The van der Waals surface area contributed by atoms with Crippen LogP contribution in [0.25, 0.3) is 0 Å². The Bertz CT molecular complexity index is 688. The highest BCUT2D eigenvalue weighted by Gasteiger charge is 2.23. The summed E-state index contributed by atoms with van der Waals surface area (Å²) in [6, 6.07) is 12.7. The Hall–Kier alpha value is -1.81. The molecule has 0 saturated carbocycles. The molecule has 4 rings (SSSR count). The van der Waals surface area contributed by atoms with E-state index in [1.807, 2.05) is 11.0 Å². The van der Waals surface area contributed by atoms with Gasteiger partial charge in [-0.25, -0.2) is 0 Å². The molecule has 0 unspecified atom stereocenters. The van der Waals surface area contributed by atoms with E-state index < -0.39 is 0 Å². The smallest absolute Gasteiger partial charge is 0.263 e. The molecule has 0 aliphatic carbocycles. The number of nitrogens with zero attached hydrogens (tertiary/aromatic N) is 2. The van der Waals surface area contributed by atoms with Gasteiger partial charge in [0.1, 0.15) is 0 Å². The first kappa shape index (κ1) is 13.8. The average Bonchev–Trinajstić information content (AvgIpc) is 3.25. The molecule has 1 aromatic carbocycles. The van der Waals surface area contributed by atoms with Crippen molar-refractivity contribution in [2.75, 3.05) is 24.5 Å². The summed E-state index contributed by atoms with van der Waals surface area (Å²) < 4.78 is 0. The van der Waals surface area contributed by atoms with Gasteiger partial charge in [0.25, 0.3) is 5.91 Å². The Kier molecular flexibility index (Phi) is 3.62. The summed E-state index contributed by atoms with van der Waals surface area (Å²) in [6.45, 7) is 2.87. The lowest BCUT2D eigenvalue weighted by Gasteiger charge is -2.30. The second-order valence-electron chi connectivity index (χ2n) is 6.02. The molecule has 1 amide bonds. The van der Waals surface area contributed by atoms with Crippen LogP contribution in [0.5, 0.6) is 0 Å². The van der Waals surface area contributed by atoms with E-state index in [1.165, 1.54) is 22.7 Å². The molecule has 0 N–H and O–H groups in total. The molecule has 4 heteroatoms. The predicted molar refractivity (Wildman–Crippen MR) is 91.2 cm³/mol. The number of rotatable bonds is 2. The number of hydrogen-bond donors (Lipinski definition) is 0. The molecular formula is C18H20N2OS. The number of aryl methyl sites for hydroxylation is 1. The number of para-hydroxylation sites is 1. The molecule has 2 aromatic rings. The molecule has 2 aliphatic rings. The SMILES string of the molecule is O=C(c1ccc(N2CCCc3ccccc32)s1)N1CCCC1. The van der Waals surface area contributed by atoms with Crippen LogP contribution in [0.1, 0.15) is 34.5 Å². The zero-order valence-corrected chi connectivity index (χ0v) is 13.4. The first-order valence-corrected chi connectivity index (χ1v) is 8.89. The van der Waals surface area contributed by atoms with E-state index in [0.717, 1.165) is 43.8 Å². The van der Waals surface area contributed by atoms with Crippen LogP contribution in [0.2, 0.25) is 0 Å². The summed E-state index contributed by atoms with van der Waals surface area (Å²) in [5.41, 5.74) is 2.71. The summed E-state index contributed by atoms with van der Waals surface area (Å²) in [6.07, 6.45) is 4.61. The molecule has 3 nitrogen and oxygen atoms in total. The van der Waals surface area contributed by atoms with Crippen LogP contribution in [-0.4, -0.2) is 30.4 Å². The molecule has 1 fully saturated rings. The summed E-state index contributed by atoms with van der Waals surface area (Å²) >= 11 is 1.63. The number of carbonyl (C=O) groups is 1. The van der Waals surface area contributed by atoms with Crippen molar-refractivity contribution in [3.63, 3.8) is 0 Å². The number of fused-ring (bicyclic) bond motifs is 1. The zero-order chi connectivity index (χ0) is 14.9. The molecule has 0 spiro atoms. The quantitative estimate of drug-likeness (QED) is 0.834. The lowest BCUT2D eigenvalue weighted by molar-refractivity contribution is 0.0797. The fourth-order valence-electron chi connectivity index (χ4n) is 3.43. The van der Waals surface area contributed by atoms with Crippen molar-refractivity contribution in [2.45, 2.75) is 25.7 Å². The van der Waals surface area contributed by atoms with E-state index >= 15 is 0 Å². The maximum absolute atomic E-state index is 12.5. The van der Waals surface area contributed by atoms with Crippen LogP contribution in [0.3, 0.4) is 0 Å². The first-order chi connectivity index (χ1) is 10.8. The van der Waals surface area contributed by atoms with Gasteiger partial charge in [-0.2, -0.15) is 0 Å². The first-order valence-electron chi connectivity index (χ1n) is 8.07. The normalized spacial score (nSPS) is 17.6. The number of thiophene rings is 1. The molecule has 22 heavy (non-hydrogen) atoms. The fourth-order valence-corrected chi connectivity index (χ4v) is 4.44. The average molecular weight is 312 g/mol. The van der Waals surface area contributed by atoms with Gasteiger partial charge >= 0.3 is 0 Å². The van der Waals surface area contributed by atoms with Crippen LogP contribution in [0, 0.1) is 0 Å². The van der Waals surface area contributed by atoms with Crippen molar-refractivity contribution in [3.05, 3.63) is 46.8 Å². The molecular weight excluding hydrogens is 292 g/mol. The lowest BCUT2D eigenvalue weighted by Crippen LogP contribution is -2.26. The molecule has 3 heterocycles. The van der Waals surface area contributed by atoms with Gasteiger partial charge < -0.3 is 9.80 Å². The predicted octanol–water partition coefficient (Wildman–Crippen LogP) is 4.07. The summed E-state index contributed by atoms with van der Waals surface area (Å²) in [4.78, 5) is 17.7. The maximum atomic E-state index is 12.5. The minimum Gasteiger partial charge on any atom is -0.338 e. The van der Waals surface area contributed by atoms with Crippen LogP contribution < -0.4 is 4.90 Å². The summed E-state index contributed by atoms with van der Waals surface area (Å²) in [7, 11) is 0. The number of benzene rings is 1. The topological polar surface area (TPSA) is 23.6 Å². The summed E-state index contributed by atoms with van der Waals surface area (Å²) in [5, 5.41) is 1.19. The summed E-state index contributed by atoms with van der Waals surface area (Å²) in [5.74, 6) is 0.207. The Labute approximate surface area is 135 Å². The Balaban J connectivity index is 1.61. The monoisotopic (exact) mass is 312 g/mol. The highest BCUT2D eigenvalue weighted by atomic mass is 32.1. The second-order valence-corrected chi connectivity index (χ2v) is 7.08. The fraction of sp³-hybridized carbons (Fsp3) is 0.389. The Morgan fingerprint density at radius 1 is 0.955 bits per heavy atom. The number of amides is 1. The van der Waals surface area contributed by atoms with Gasteiger partial charge in [0.2, 0.25) is 0 Å². The number of carbonyl (C=O) groups excluding carboxylic acids is 1. The molecule has 0 atom stereocenters. The van der Waals surface area contributed by atoms with E-state index in [0.29, 0.717) is 0 Å². The van der Waals surface area contributed by atoms with Crippen molar-refractivity contribution in [1.82, 2.24) is 4.90 Å². The van der Waals surface area contributed by atoms with E-state index in [-0.39, 0.29) is 5.91 Å². The minimum atomic E-state index is 0.207. The zero-order valence-electron chi connectivity index (χ0n) is 12.6. The van der Waals surface area contributed by atoms with Crippen LogP contribution in [-0.2, 0) is 6.42 Å². The molecule has 1 saturated heterocycles. The molecule has 2 aliphatic heterocycles. The highest BCUT2D eigenvalue weighted by molar-refractivity contribution is 7.18. The van der Waals surface area contributed by atoms with Gasteiger partial charge in [0.05, 0.1) is 9.88 Å².